The molecule has 1 amide bonds. The van der Waals surface area contributed by atoms with Crippen LogP contribution in [-0.4, -0.2) is 39.8 Å². The van der Waals surface area contributed by atoms with Gasteiger partial charge in [0.25, 0.3) is 5.91 Å². The van der Waals surface area contributed by atoms with E-state index in [1.54, 1.807) is 19.2 Å². The number of amides is 1. The Morgan fingerprint density at radius 2 is 2.11 bits per heavy atom. The lowest BCUT2D eigenvalue weighted by Gasteiger charge is -2.13. The minimum atomic E-state index is -0.141. The van der Waals surface area contributed by atoms with Crippen molar-refractivity contribution < 1.29 is 14.3 Å². The summed E-state index contributed by atoms with van der Waals surface area (Å²) in [7, 11) is 3.38. The average molecular weight is 331 g/mol. The number of nitrogens with one attached hydrogen (secondary N) is 2. The summed E-state index contributed by atoms with van der Waals surface area (Å²) in [6, 6.07) is 3.40. The van der Waals surface area contributed by atoms with Gasteiger partial charge in [0.1, 0.15) is 0 Å². The SMILES string of the molecule is CCOc1c(Br)cc(C(=O)NCCNC)cc1OC. The van der Waals surface area contributed by atoms with Gasteiger partial charge in [-0.15, -0.1) is 0 Å². The highest BCUT2D eigenvalue weighted by Gasteiger charge is 2.14. The number of hydrogen-bond acceptors (Lipinski definition) is 4. The Morgan fingerprint density at radius 3 is 2.68 bits per heavy atom. The van der Waals surface area contributed by atoms with Crippen LogP contribution in [0.3, 0.4) is 0 Å². The highest BCUT2D eigenvalue weighted by molar-refractivity contribution is 9.10. The molecular weight excluding hydrogens is 312 g/mol. The summed E-state index contributed by atoms with van der Waals surface area (Å²) in [6.07, 6.45) is 0. The monoisotopic (exact) mass is 330 g/mol. The minimum absolute atomic E-state index is 0.141. The number of hydrogen-bond donors (Lipinski definition) is 2. The molecule has 1 aromatic carbocycles. The minimum Gasteiger partial charge on any atom is -0.493 e. The molecule has 0 saturated carbocycles. The smallest absolute Gasteiger partial charge is 0.251 e. The van der Waals surface area contributed by atoms with Crippen LogP contribution in [0.25, 0.3) is 0 Å². The van der Waals surface area contributed by atoms with Crippen LogP contribution in [0.2, 0.25) is 0 Å². The summed E-state index contributed by atoms with van der Waals surface area (Å²) in [6.45, 7) is 3.72. The molecule has 5 nitrogen and oxygen atoms in total. The van der Waals surface area contributed by atoms with Crippen LogP contribution in [0.15, 0.2) is 16.6 Å². The van der Waals surface area contributed by atoms with E-state index in [0.717, 1.165) is 6.54 Å². The van der Waals surface area contributed by atoms with E-state index in [-0.39, 0.29) is 5.91 Å². The van der Waals surface area contributed by atoms with Crippen molar-refractivity contribution in [3.8, 4) is 11.5 Å². The van der Waals surface area contributed by atoms with Gasteiger partial charge in [-0.1, -0.05) is 0 Å². The van der Waals surface area contributed by atoms with Crippen molar-refractivity contribution in [2.75, 3.05) is 33.9 Å². The largest absolute Gasteiger partial charge is 0.493 e. The molecular formula is C13H19BrN2O3. The standard InChI is InChI=1S/C13H19BrN2O3/c1-4-19-12-10(14)7-9(8-11(12)18-3)13(17)16-6-5-15-2/h7-8,15H,4-6H2,1-3H3,(H,16,17). The maximum Gasteiger partial charge on any atom is 0.251 e. The van der Waals surface area contributed by atoms with Gasteiger partial charge in [0.2, 0.25) is 0 Å². The number of methoxy groups -OCH3 is 1. The zero-order valence-corrected chi connectivity index (χ0v) is 13.0. The number of carbonyl (C=O) groups excluding carboxylic acids is 1. The van der Waals surface area contributed by atoms with E-state index in [2.05, 4.69) is 26.6 Å². The highest BCUT2D eigenvalue weighted by atomic mass is 79.9. The summed E-state index contributed by atoms with van der Waals surface area (Å²) in [5.41, 5.74) is 0.531. The Balaban J connectivity index is 2.91. The molecule has 0 aliphatic carbocycles. The van der Waals surface area contributed by atoms with Gasteiger partial charge >= 0.3 is 0 Å². The number of benzene rings is 1. The van der Waals surface area contributed by atoms with Gasteiger partial charge in [0.15, 0.2) is 11.5 Å². The molecule has 2 N–H and O–H groups in total. The topological polar surface area (TPSA) is 59.6 Å². The van der Waals surface area contributed by atoms with Crippen molar-refractivity contribution in [3.63, 3.8) is 0 Å². The molecule has 0 fully saturated rings. The van der Waals surface area contributed by atoms with E-state index in [0.29, 0.717) is 34.7 Å². The predicted octanol–water partition coefficient (Wildman–Crippen LogP) is 1.81. The molecule has 106 valence electrons. The fourth-order valence-electron chi connectivity index (χ4n) is 1.54. The Hall–Kier alpha value is -1.27. The lowest BCUT2D eigenvalue weighted by atomic mass is 10.2. The van der Waals surface area contributed by atoms with Crippen LogP contribution in [0.1, 0.15) is 17.3 Å². The molecule has 0 aliphatic rings. The summed E-state index contributed by atoms with van der Waals surface area (Å²) in [5.74, 6) is 1.00. The first-order valence-electron chi connectivity index (χ1n) is 6.07. The van der Waals surface area contributed by atoms with Crippen LogP contribution in [0.5, 0.6) is 11.5 Å². The van der Waals surface area contributed by atoms with Gasteiger partial charge < -0.3 is 20.1 Å². The zero-order chi connectivity index (χ0) is 14.3. The van der Waals surface area contributed by atoms with Gasteiger partial charge in [-0.05, 0) is 42.0 Å². The Morgan fingerprint density at radius 1 is 1.37 bits per heavy atom. The molecule has 0 unspecified atom stereocenters. The first-order valence-corrected chi connectivity index (χ1v) is 6.86. The normalized spacial score (nSPS) is 10.1. The van der Waals surface area contributed by atoms with Gasteiger partial charge in [-0.2, -0.15) is 0 Å². The van der Waals surface area contributed by atoms with Crippen molar-refractivity contribution in [2.45, 2.75) is 6.92 Å². The maximum absolute atomic E-state index is 12.0. The van der Waals surface area contributed by atoms with Gasteiger partial charge in [0.05, 0.1) is 18.2 Å². The quantitative estimate of drug-likeness (QED) is 0.748. The van der Waals surface area contributed by atoms with E-state index in [4.69, 9.17) is 9.47 Å². The molecule has 6 heteroatoms. The number of halogens is 1. The summed E-state index contributed by atoms with van der Waals surface area (Å²) >= 11 is 3.39. The average Bonchev–Trinajstić information content (AvgIpc) is 2.41. The number of likely N-dealkylation sites (N-methyl/N-ethyl adjacent to an activating group) is 1. The second kappa shape index (κ2) is 8.01. The van der Waals surface area contributed by atoms with Crippen LogP contribution in [0.4, 0.5) is 0 Å². The van der Waals surface area contributed by atoms with E-state index >= 15 is 0 Å². The molecule has 0 heterocycles. The number of ether oxygens (including phenoxy) is 2. The number of carbonyl (C=O) groups is 1. The van der Waals surface area contributed by atoms with Crippen LogP contribution in [-0.2, 0) is 0 Å². The highest BCUT2D eigenvalue weighted by Crippen LogP contribution is 2.36. The van der Waals surface area contributed by atoms with Crippen LogP contribution < -0.4 is 20.1 Å². The van der Waals surface area contributed by atoms with Crippen molar-refractivity contribution in [1.82, 2.24) is 10.6 Å². The predicted molar refractivity (Wildman–Crippen MR) is 78.1 cm³/mol. The molecule has 1 rings (SSSR count). The van der Waals surface area contributed by atoms with Gasteiger partial charge in [-0.3, -0.25) is 4.79 Å². The molecule has 0 spiro atoms. The first kappa shape index (κ1) is 15.8. The molecule has 0 aromatic heterocycles. The Bertz CT molecular complexity index is 438. The molecule has 0 bridgehead atoms. The van der Waals surface area contributed by atoms with E-state index in [1.807, 2.05) is 14.0 Å². The van der Waals surface area contributed by atoms with Crippen LogP contribution >= 0.6 is 15.9 Å². The third-order valence-corrected chi connectivity index (χ3v) is 3.03. The van der Waals surface area contributed by atoms with Gasteiger partial charge in [0, 0.05) is 18.7 Å². The lowest BCUT2D eigenvalue weighted by molar-refractivity contribution is 0.0953. The summed E-state index contributed by atoms with van der Waals surface area (Å²) in [5, 5.41) is 5.78. The Labute approximate surface area is 121 Å². The second-order valence-corrected chi connectivity index (χ2v) is 4.64. The molecule has 0 radical (unpaired) electrons. The third kappa shape index (κ3) is 4.40. The third-order valence-electron chi connectivity index (χ3n) is 2.44. The van der Waals surface area contributed by atoms with Gasteiger partial charge in [-0.25, -0.2) is 0 Å². The lowest BCUT2D eigenvalue weighted by Crippen LogP contribution is -2.30. The van der Waals surface area contributed by atoms with Crippen molar-refractivity contribution >= 4 is 21.8 Å². The fraction of sp³-hybridized carbons (Fsp3) is 0.462. The fourth-order valence-corrected chi connectivity index (χ4v) is 2.09. The van der Waals surface area contributed by atoms with Crippen molar-refractivity contribution in [2.24, 2.45) is 0 Å². The molecule has 19 heavy (non-hydrogen) atoms. The number of rotatable bonds is 7. The maximum atomic E-state index is 12.0. The van der Waals surface area contributed by atoms with E-state index in [1.165, 1.54) is 0 Å². The van der Waals surface area contributed by atoms with E-state index < -0.39 is 0 Å². The second-order valence-electron chi connectivity index (χ2n) is 3.78. The van der Waals surface area contributed by atoms with Crippen molar-refractivity contribution in [3.05, 3.63) is 22.2 Å². The molecule has 0 atom stereocenters. The molecule has 1 aromatic rings. The van der Waals surface area contributed by atoms with E-state index in [9.17, 15) is 4.79 Å². The first-order chi connectivity index (χ1) is 9.13. The van der Waals surface area contributed by atoms with Crippen LogP contribution in [0, 0.1) is 0 Å². The zero-order valence-electron chi connectivity index (χ0n) is 11.4. The van der Waals surface area contributed by atoms with Crippen molar-refractivity contribution in [1.29, 1.82) is 0 Å². The summed E-state index contributed by atoms with van der Waals surface area (Å²) < 4.78 is 11.4. The molecule has 0 saturated heterocycles. The molecule has 0 aliphatic heterocycles. The Kier molecular flexibility index (Phi) is 6.66. The summed E-state index contributed by atoms with van der Waals surface area (Å²) in [4.78, 5) is 12.0.